The Morgan fingerprint density at radius 3 is 2.79 bits per heavy atom. The van der Waals surface area contributed by atoms with Crippen LogP contribution < -0.4 is 5.32 Å². The molecule has 5 nitrogen and oxygen atoms in total. The molecule has 1 rings (SSSR count). The van der Waals surface area contributed by atoms with Crippen molar-refractivity contribution in [2.75, 3.05) is 32.2 Å². The highest BCUT2D eigenvalue weighted by Gasteiger charge is 2.09. The summed E-state index contributed by atoms with van der Waals surface area (Å²) in [6.45, 7) is 2.94. The molecule has 0 aliphatic heterocycles. The molecule has 5 heteroatoms. The number of methoxy groups -OCH3 is 1. The monoisotopic (exact) mass is 264 g/mol. The molecule has 0 bridgehead atoms. The van der Waals surface area contributed by atoms with E-state index in [1.165, 1.54) is 0 Å². The summed E-state index contributed by atoms with van der Waals surface area (Å²) in [5, 5.41) is 21.7. The number of aliphatic hydroxyl groups excluding tert-OH is 1. The maximum atomic E-state index is 9.78. The zero-order chi connectivity index (χ0) is 14.1. The standard InChI is InChI=1S/C14H20N2O3/c1-11(9-18-2)19-10-13(17)8-16-14-6-4-3-5-12(14)7-15/h3-6,11,13,16-17H,8-10H2,1-2H3. The van der Waals surface area contributed by atoms with Crippen LogP contribution in [0.2, 0.25) is 0 Å². The molecule has 2 unspecified atom stereocenters. The van der Waals surface area contributed by atoms with E-state index in [4.69, 9.17) is 14.7 Å². The number of para-hydroxylation sites is 1. The summed E-state index contributed by atoms with van der Waals surface area (Å²) in [7, 11) is 1.61. The molecule has 0 amide bonds. The van der Waals surface area contributed by atoms with Gasteiger partial charge in [-0.15, -0.1) is 0 Å². The minimum Gasteiger partial charge on any atom is -0.389 e. The molecule has 0 aliphatic carbocycles. The Morgan fingerprint density at radius 1 is 1.37 bits per heavy atom. The number of hydrogen-bond acceptors (Lipinski definition) is 5. The number of rotatable bonds is 8. The summed E-state index contributed by atoms with van der Waals surface area (Å²) in [6.07, 6.45) is -0.683. The van der Waals surface area contributed by atoms with Gasteiger partial charge in [-0.3, -0.25) is 0 Å². The second kappa shape index (κ2) is 8.48. The molecule has 0 spiro atoms. The molecular formula is C14H20N2O3. The van der Waals surface area contributed by atoms with E-state index >= 15 is 0 Å². The summed E-state index contributed by atoms with van der Waals surface area (Å²) in [5.74, 6) is 0. The summed E-state index contributed by atoms with van der Waals surface area (Å²) in [4.78, 5) is 0. The van der Waals surface area contributed by atoms with Crippen LogP contribution >= 0.6 is 0 Å². The average Bonchev–Trinajstić information content (AvgIpc) is 2.43. The third-order valence-electron chi connectivity index (χ3n) is 2.55. The van der Waals surface area contributed by atoms with Crippen molar-refractivity contribution in [3.63, 3.8) is 0 Å². The van der Waals surface area contributed by atoms with E-state index in [9.17, 15) is 5.11 Å². The molecule has 0 aromatic heterocycles. The molecule has 0 saturated heterocycles. The Balaban J connectivity index is 2.34. The highest BCUT2D eigenvalue weighted by molar-refractivity contribution is 5.57. The summed E-state index contributed by atoms with van der Waals surface area (Å²) in [6, 6.07) is 9.27. The quantitative estimate of drug-likeness (QED) is 0.742. The zero-order valence-corrected chi connectivity index (χ0v) is 11.3. The van der Waals surface area contributed by atoms with Crippen molar-refractivity contribution in [2.45, 2.75) is 19.1 Å². The van der Waals surface area contributed by atoms with Crippen molar-refractivity contribution < 1.29 is 14.6 Å². The first-order valence-electron chi connectivity index (χ1n) is 6.19. The van der Waals surface area contributed by atoms with Crippen molar-refractivity contribution >= 4 is 5.69 Å². The first-order chi connectivity index (χ1) is 9.17. The molecule has 0 heterocycles. The minimum atomic E-state index is -0.633. The van der Waals surface area contributed by atoms with Crippen LogP contribution in [0.4, 0.5) is 5.69 Å². The van der Waals surface area contributed by atoms with Gasteiger partial charge in [0.05, 0.1) is 36.7 Å². The smallest absolute Gasteiger partial charge is 0.101 e. The zero-order valence-electron chi connectivity index (χ0n) is 11.3. The molecule has 19 heavy (non-hydrogen) atoms. The van der Waals surface area contributed by atoms with Gasteiger partial charge in [0, 0.05) is 13.7 Å². The van der Waals surface area contributed by atoms with Crippen LogP contribution in [0.15, 0.2) is 24.3 Å². The second-order valence-electron chi connectivity index (χ2n) is 4.29. The molecule has 1 aromatic carbocycles. The predicted octanol–water partition coefficient (Wildman–Crippen LogP) is 1.38. The highest BCUT2D eigenvalue weighted by Crippen LogP contribution is 2.13. The predicted molar refractivity (Wildman–Crippen MR) is 72.9 cm³/mol. The van der Waals surface area contributed by atoms with Gasteiger partial charge in [0.25, 0.3) is 0 Å². The molecule has 104 valence electrons. The topological polar surface area (TPSA) is 74.5 Å². The van der Waals surface area contributed by atoms with Crippen LogP contribution in [-0.4, -0.2) is 44.2 Å². The Kier molecular flexibility index (Phi) is 6.90. The van der Waals surface area contributed by atoms with Gasteiger partial charge in [0.1, 0.15) is 6.07 Å². The fraction of sp³-hybridized carbons (Fsp3) is 0.500. The van der Waals surface area contributed by atoms with Crippen LogP contribution in [0.25, 0.3) is 0 Å². The van der Waals surface area contributed by atoms with Gasteiger partial charge in [-0.2, -0.15) is 5.26 Å². The normalized spacial score (nSPS) is 13.6. The van der Waals surface area contributed by atoms with Crippen LogP contribution in [-0.2, 0) is 9.47 Å². The Bertz CT molecular complexity index is 417. The molecule has 0 saturated carbocycles. The van der Waals surface area contributed by atoms with E-state index < -0.39 is 6.10 Å². The third kappa shape index (κ3) is 5.71. The van der Waals surface area contributed by atoms with Gasteiger partial charge in [-0.05, 0) is 19.1 Å². The van der Waals surface area contributed by atoms with Crippen LogP contribution in [0.1, 0.15) is 12.5 Å². The third-order valence-corrected chi connectivity index (χ3v) is 2.55. The van der Waals surface area contributed by atoms with Gasteiger partial charge in [-0.25, -0.2) is 0 Å². The maximum Gasteiger partial charge on any atom is 0.101 e. The number of nitrogens with one attached hydrogen (secondary N) is 1. The Hall–Kier alpha value is -1.61. The molecule has 0 fully saturated rings. The van der Waals surface area contributed by atoms with E-state index in [1.54, 1.807) is 25.3 Å². The minimum absolute atomic E-state index is 0.0500. The fourth-order valence-corrected chi connectivity index (χ4v) is 1.58. The van der Waals surface area contributed by atoms with Crippen molar-refractivity contribution in [1.29, 1.82) is 5.26 Å². The molecule has 2 atom stereocenters. The average molecular weight is 264 g/mol. The van der Waals surface area contributed by atoms with Gasteiger partial charge in [-0.1, -0.05) is 12.1 Å². The number of ether oxygens (including phenoxy) is 2. The molecule has 2 N–H and O–H groups in total. The van der Waals surface area contributed by atoms with Crippen molar-refractivity contribution in [3.05, 3.63) is 29.8 Å². The number of nitrogens with zero attached hydrogens (tertiary/aromatic N) is 1. The summed E-state index contributed by atoms with van der Waals surface area (Å²) in [5.41, 5.74) is 1.28. The van der Waals surface area contributed by atoms with Gasteiger partial charge >= 0.3 is 0 Å². The first kappa shape index (κ1) is 15.4. The largest absolute Gasteiger partial charge is 0.389 e. The number of nitriles is 1. The highest BCUT2D eigenvalue weighted by atomic mass is 16.5. The molecule has 1 aromatic rings. The lowest BCUT2D eigenvalue weighted by molar-refractivity contribution is -0.0282. The number of hydrogen-bond donors (Lipinski definition) is 2. The lowest BCUT2D eigenvalue weighted by atomic mass is 10.2. The fourth-order valence-electron chi connectivity index (χ4n) is 1.58. The van der Waals surface area contributed by atoms with Gasteiger partial charge in [0.15, 0.2) is 0 Å². The van der Waals surface area contributed by atoms with Crippen molar-refractivity contribution in [3.8, 4) is 6.07 Å². The van der Waals surface area contributed by atoms with Gasteiger partial charge in [0.2, 0.25) is 0 Å². The summed E-state index contributed by atoms with van der Waals surface area (Å²) < 4.78 is 10.3. The first-order valence-corrected chi connectivity index (χ1v) is 6.19. The molecular weight excluding hydrogens is 244 g/mol. The lowest BCUT2D eigenvalue weighted by Gasteiger charge is -2.17. The van der Waals surface area contributed by atoms with Crippen molar-refractivity contribution in [2.24, 2.45) is 0 Å². The number of anilines is 1. The van der Waals surface area contributed by atoms with Crippen molar-refractivity contribution in [1.82, 2.24) is 0 Å². The summed E-state index contributed by atoms with van der Waals surface area (Å²) >= 11 is 0. The maximum absolute atomic E-state index is 9.78. The van der Waals surface area contributed by atoms with E-state index in [-0.39, 0.29) is 12.7 Å². The Morgan fingerprint density at radius 2 is 2.11 bits per heavy atom. The lowest BCUT2D eigenvalue weighted by Crippen LogP contribution is -2.28. The van der Waals surface area contributed by atoms with Gasteiger partial charge < -0.3 is 19.9 Å². The SMILES string of the molecule is COCC(C)OCC(O)CNc1ccccc1C#N. The number of aliphatic hydroxyl groups is 1. The second-order valence-corrected chi connectivity index (χ2v) is 4.29. The van der Waals surface area contributed by atoms with Crippen LogP contribution in [0.5, 0.6) is 0 Å². The van der Waals surface area contributed by atoms with Crippen LogP contribution in [0.3, 0.4) is 0 Å². The van der Waals surface area contributed by atoms with E-state index in [1.807, 2.05) is 13.0 Å². The van der Waals surface area contributed by atoms with E-state index in [2.05, 4.69) is 11.4 Å². The van der Waals surface area contributed by atoms with E-state index in [0.29, 0.717) is 24.4 Å². The molecule has 0 radical (unpaired) electrons. The van der Waals surface area contributed by atoms with E-state index in [0.717, 1.165) is 0 Å². The molecule has 0 aliphatic rings. The number of benzene rings is 1. The Labute approximate surface area is 113 Å². The van der Waals surface area contributed by atoms with Crippen LogP contribution in [0, 0.1) is 11.3 Å².